The first-order valence-corrected chi connectivity index (χ1v) is 6.36. The summed E-state index contributed by atoms with van der Waals surface area (Å²) in [6, 6.07) is -0.223. The van der Waals surface area contributed by atoms with E-state index in [1.807, 2.05) is 13.8 Å². The third-order valence-electron chi connectivity index (χ3n) is 3.80. The molecule has 3 saturated heterocycles. The minimum atomic E-state index is -0.716. The first kappa shape index (κ1) is 13.1. The second kappa shape index (κ2) is 4.31. The fraction of sp³-hybridized carbons (Fsp3) is 0.917. The Labute approximate surface area is 111 Å². The topological polar surface area (TPSA) is 66.5 Å². The number of rotatable bonds is 1. The third kappa shape index (κ3) is 2.01. The molecule has 7 nitrogen and oxygen atoms in total. The lowest BCUT2D eigenvalue weighted by Gasteiger charge is -2.47. The molecule has 108 valence electrons. The largest absolute Gasteiger partial charge is 0.447 e. The van der Waals surface area contributed by atoms with Crippen molar-refractivity contribution in [1.82, 2.24) is 4.90 Å². The average Bonchev–Trinajstić information content (AvgIpc) is 2.67. The van der Waals surface area contributed by atoms with Gasteiger partial charge in [0.1, 0.15) is 24.9 Å². The number of cyclic esters (lactones) is 1. The van der Waals surface area contributed by atoms with Crippen LogP contribution in [-0.2, 0) is 23.7 Å². The molecule has 3 aliphatic heterocycles. The Balaban J connectivity index is 1.90. The molecule has 0 N–H and O–H groups in total. The van der Waals surface area contributed by atoms with E-state index < -0.39 is 12.1 Å². The Morgan fingerprint density at radius 3 is 2.68 bits per heavy atom. The molecule has 0 aromatic rings. The SMILES string of the molecule is CO[C@H]1O[C@@H]2COC(=O)N(C)[C@@H]2[C@@H]2OC(C)(C)O[C@H]12. The van der Waals surface area contributed by atoms with Crippen LogP contribution < -0.4 is 0 Å². The molecule has 0 aromatic heterocycles. The summed E-state index contributed by atoms with van der Waals surface area (Å²) >= 11 is 0. The lowest BCUT2D eigenvalue weighted by molar-refractivity contribution is -0.267. The van der Waals surface area contributed by atoms with Crippen LogP contribution in [0.1, 0.15) is 13.8 Å². The van der Waals surface area contributed by atoms with Gasteiger partial charge in [0.2, 0.25) is 0 Å². The van der Waals surface area contributed by atoms with E-state index in [-0.39, 0.29) is 37.1 Å². The fourth-order valence-electron chi connectivity index (χ4n) is 3.01. The van der Waals surface area contributed by atoms with Crippen LogP contribution in [0.15, 0.2) is 0 Å². The van der Waals surface area contributed by atoms with Crippen LogP contribution in [0.2, 0.25) is 0 Å². The highest BCUT2D eigenvalue weighted by atomic mass is 16.8. The van der Waals surface area contributed by atoms with Gasteiger partial charge in [-0.25, -0.2) is 4.79 Å². The Morgan fingerprint density at radius 1 is 1.32 bits per heavy atom. The molecule has 0 spiro atoms. The van der Waals surface area contributed by atoms with Gasteiger partial charge < -0.3 is 28.6 Å². The molecule has 0 radical (unpaired) electrons. The van der Waals surface area contributed by atoms with Gasteiger partial charge >= 0.3 is 6.09 Å². The van der Waals surface area contributed by atoms with Crippen molar-refractivity contribution >= 4 is 6.09 Å². The van der Waals surface area contributed by atoms with Crippen LogP contribution in [0.3, 0.4) is 0 Å². The number of likely N-dealkylation sites (N-methyl/N-ethyl adjacent to an activating group) is 1. The van der Waals surface area contributed by atoms with Crippen molar-refractivity contribution in [3.63, 3.8) is 0 Å². The molecule has 0 saturated carbocycles. The van der Waals surface area contributed by atoms with Crippen molar-refractivity contribution in [3.05, 3.63) is 0 Å². The highest BCUT2D eigenvalue weighted by molar-refractivity contribution is 5.68. The van der Waals surface area contributed by atoms with Crippen LogP contribution in [0.25, 0.3) is 0 Å². The summed E-state index contributed by atoms with van der Waals surface area (Å²) in [7, 11) is 3.25. The van der Waals surface area contributed by atoms with E-state index in [0.29, 0.717) is 0 Å². The van der Waals surface area contributed by atoms with Gasteiger partial charge in [-0.3, -0.25) is 0 Å². The molecular weight excluding hydrogens is 254 g/mol. The number of fused-ring (bicyclic) bond motifs is 3. The lowest BCUT2D eigenvalue weighted by atomic mass is 9.94. The summed E-state index contributed by atoms with van der Waals surface area (Å²) in [6.07, 6.45) is -1.79. The van der Waals surface area contributed by atoms with E-state index >= 15 is 0 Å². The molecule has 19 heavy (non-hydrogen) atoms. The normalized spacial score (nSPS) is 44.5. The van der Waals surface area contributed by atoms with Crippen LogP contribution in [0.5, 0.6) is 0 Å². The second-order valence-corrected chi connectivity index (χ2v) is 5.52. The zero-order chi connectivity index (χ0) is 13.8. The van der Waals surface area contributed by atoms with Crippen LogP contribution >= 0.6 is 0 Å². The molecule has 3 aliphatic rings. The summed E-state index contributed by atoms with van der Waals surface area (Å²) in [5.41, 5.74) is 0. The van der Waals surface area contributed by atoms with Crippen molar-refractivity contribution < 1.29 is 28.5 Å². The van der Waals surface area contributed by atoms with E-state index in [1.54, 1.807) is 14.2 Å². The van der Waals surface area contributed by atoms with Gasteiger partial charge in [0.05, 0.1) is 6.04 Å². The van der Waals surface area contributed by atoms with Gasteiger partial charge in [0, 0.05) is 14.2 Å². The van der Waals surface area contributed by atoms with Crippen molar-refractivity contribution in [2.45, 2.75) is 50.3 Å². The standard InChI is InChI=1S/C12H19NO6/c1-12(2)18-8-7-6(5-16-11(14)13(7)3)17-10(15-4)9(8)19-12/h6-10H,5H2,1-4H3/t6-,7+,8+,9+,10+/m1/s1. The first-order chi connectivity index (χ1) is 8.93. The highest BCUT2D eigenvalue weighted by Gasteiger charge is 2.58. The molecular formula is C12H19NO6. The smallest absolute Gasteiger partial charge is 0.410 e. The summed E-state index contributed by atoms with van der Waals surface area (Å²) < 4.78 is 28.0. The molecule has 3 heterocycles. The van der Waals surface area contributed by atoms with E-state index in [4.69, 9.17) is 23.7 Å². The molecule has 0 aliphatic carbocycles. The predicted octanol–water partition coefficient (Wildman–Crippen LogP) is 0.328. The average molecular weight is 273 g/mol. The van der Waals surface area contributed by atoms with Gasteiger partial charge in [-0.05, 0) is 13.8 Å². The number of nitrogens with zero attached hydrogens (tertiary/aromatic N) is 1. The summed E-state index contributed by atoms with van der Waals surface area (Å²) in [6.45, 7) is 3.89. The molecule has 0 bridgehead atoms. The van der Waals surface area contributed by atoms with Crippen molar-refractivity contribution in [2.75, 3.05) is 20.8 Å². The van der Waals surface area contributed by atoms with Crippen LogP contribution in [0, 0.1) is 0 Å². The second-order valence-electron chi connectivity index (χ2n) is 5.52. The molecule has 0 unspecified atom stereocenters. The third-order valence-corrected chi connectivity index (χ3v) is 3.80. The van der Waals surface area contributed by atoms with Gasteiger partial charge in [-0.15, -0.1) is 0 Å². The maximum Gasteiger partial charge on any atom is 0.410 e. The maximum atomic E-state index is 11.7. The molecule has 5 atom stereocenters. The summed E-state index contributed by atoms with van der Waals surface area (Å²) in [5.74, 6) is -0.716. The molecule has 1 amide bonds. The summed E-state index contributed by atoms with van der Waals surface area (Å²) in [5, 5.41) is 0. The van der Waals surface area contributed by atoms with Crippen molar-refractivity contribution in [1.29, 1.82) is 0 Å². The predicted molar refractivity (Wildman–Crippen MR) is 62.4 cm³/mol. The first-order valence-electron chi connectivity index (χ1n) is 6.36. The Morgan fingerprint density at radius 2 is 2.00 bits per heavy atom. The minimum Gasteiger partial charge on any atom is -0.447 e. The molecule has 0 aromatic carbocycles. The van der Waals surface area contributed by atoms with Crippen LogP contribution in [0.4, 0.5) is 4.79 Å². The number of ether oxygens (including phenoxy) is 5. The number of amides is 1. The van der Waals surface area contributed by atoms with E-state index in [0.717, 1.165) is 0 Å². The van der Waals surface area contributed by atoms with Gasteiger partial charge in [-0.1, -0.05) is 0 Å². The minimum absolute atomic E-state index is 0.209. The van der Waals surface area contributed by atoms with Gasteiger partial charge in [0.25, 0.3) is 0 Å². The lowest BCUT2D eigenvalue weighted by Crippen LogP contribution is -2.66. The van der Waals surface area contributed by atoms with Crippen molar-refractivity contribution in [2.24, 2.45) is 0 Å². The number of methoxy groups -OCH3 is 1. The molecule has 7 heteroatoms. The Kier molecular flexibility index (Phi) is 2.97. The number of carbonyl (C=O) groups excluding carboxylic acids is 1. The number of hydrogen-bond acceptors (Lipinski definition) is 6. The fourth-order valence-corrected chi connectivity index (χ4v) is 3.01. The zero-order valence-electron chi connectivity index (χ0n) is 11.5. The maximum absolute atomic E-state index is 11.7. The zero-order valence-corrected chi connectivity index (χ0v) is 11.5. The summed E-state index contributed by atoms with van der Waals surface area (Å²) in [4.78, 5) is 13.2. The monoisotopic (exact) mass is 273 g/mol. The van der Waals surface area contributed by atoms with E-state index in [1.165, 1.54) is 4.90 Å². The van der Waals surface area contributed by atoms with E-state index in [2.05, 4.69) is 0 Å². The van der Waals surface area contributed by atoms with E-state index in [9.17, 15) is 4.79 Å². The van der Waals surface area contributed by atoms with Crippen LogP contribution in [-0.4, -0.2) is 68.2 Å². The highest BCUT2D eigenvalue weighted by Crippen LogP contribution is 2.40. The Bertz CT molecular complexity index is 386. The molecule has 3 fully saturated rings. The van der Waals surface area contributed by atoms with Gasteiger partial charge in [-0.2, -0.15) is 0 Å². The quantitative estimate of drug-likeness (QED) is 0.686. The number of carbonyl (C=O) groups is 1. The Hall–Kier alpha value is -0.890. The van der Waals surface area contributed by atoms with Gasteiger partial charge in [0.15, 0.2) is 12.1 Å². The van der Waals surface area contributed by atoms with Crippen molar-refractivity contribution in [3.8, 4) is 0 Å². The molecule has 3 rings (SSSR count). The number of hydrogen-bond donors (Lipinski definition) is 0.